The number of hydrogen-bond acceptors (Lipinski definition) is 4. The molecule has 1 N–H and O–H groups in total. The third-order valence-electron chi connectivity index (χ3n) is 8.39. The molecule has 0 aromatic heterocycles. The number of hydrogen-bond donors (Lipinski definition) is 1. The molecule has 0 radical (unpaired) electrons. The van der Waals surface area contributed by atoms with E-state index in [1.54, 1.807) is 6.07 Å². The number of nitrogens with zero attached hydrogens (tertiary/aromatic N) is 1. The standard InChI is InChI=1S/C26H37NO.C12H14FNO2/c1-5-7-11-21(4)25(18-20(3)6-2)23-14-16-24(17-15-23)26(28)27-19-22-12-9-8-10-13-22;1-9(15)10-6-11(13)8-12(7-10)14-2-4-16-5-3-14/h6,11,14-18,22H,5,7-10,12-13,19H2,1-4H3,(H,27,28);6-8H,2-5H2,1H3/b20-6-,21-11+,25-18+;. The van der Waals surface area contributed by atoms with E-state index in [0.717, 1.165) is 49.3 Å². The van der Waals surface area contributed by atoms with Gasteiger partial charge in [0.05, 0.1) is 13.2 Å². The molecule has 6 heteroatoms. The molecule has 4 rings (SSSR count). The summed E-state index contributed by atoms with van der Waals surface area (Å²) in [5, 5.41) is 3.14. The Morgan fingerprint density at radius 1 is 0.955 bits per heavy atom. The molecule has 0 bridgehead atoms. The summed E-state index contributed by atoms with van der Waals surface area (Å²) in [6.07, 6.45) is 15.4. The molecule has 1 saturated carbocycles. The van der Waals surface area contributed by atoms with Crippen LogP contribution in [-0.2, 0) is 4.74 Å². The number of ether oxygens (including phenoxy) is 1. The summed E-state index contributed by atoms with van der Waals surface area (Å²) in [6.45, 7) is 13.6. The number of unbranched alkanes of at least 4 members (excludes halogenated alkanes) is 1. The second kappa shape index (κ2) is 18.3. The van der Waals surface area contributed by atoms with Crippen molar-refractivity contribution >= 4 is 23.0 Å². The van der Waals surface area contributed by atoms with Crippen LogP contribution in [0.3, 0.4) is 0 Å². The lowest BCUT2D eigenvalue weighted by Gasteiger charge is -2.29. The zero-order valence-corrected chi connectivity index (χ0v) is 27.4. The number of Topliss-reactive ketones (excluding diaryl/α,β-unsaturated/α-hetero) is 1. The number of ketones is 1. The molecule has 0 unspecified atom stereocenters. The van der Waals surface area contributed by atoms with Crippen molar-refractivity contribution in [1.82, 2.24) is 5.32 Å². The Bertz CT molecular complexity index is 1310. The van der Waals surface area contributed by atoms with Crippen molar-refractivity contribution in [3.05, 3.63) is 94.3 Å². The summed E-state index contributed by atoms with van der Waals surface area (Å²) in [5.74, 6) is 0.218. The topological polar surface area (TPSA) is 58.6 Å². The van der Waals surface area contributed by atoms with Crippen molar-refractivity contribution in [3.63, 3.8) is 0 Å². The largest absolute Gasteiger partial charge is 0.378 e. The number of benzene rings is 2. The molecule has 1 heterocycles. The minimum atomic E-state index is -0.366. The minimum absolute atomic E-state index is 0.0468. The highest BCUT2D eigenvalue weighted by atomic mass is 19.1. The van der Waals surface area contributed by atoms with Gasteiger partial charge in [-0.2, -0.15) is 0 Å². The Kier molecular flexibility index (Phi) is 14.6. The van der Waals surface area contributed by atoms with Crippen molar-refractivity contribution in [3.8, 4) is 0 Å². The number of nitrogens with one attached hydrogen (secondary N) is 1. The lowest BCUT2D eigenvalue weighted by atomic mass is 9.89. The Balaban J connectivity index is 0.000000278. The molecular formula is C38H51FN2O3. The Hall–Kier alpha value is -3.51. The minimum Gasteiger partial charge on any atom is -0.378 e. The first kappa shape index (κ1) is 35.0. The van der Waals surface area contributed by atoms with Gasteiger partial charge in [-0.1, -0.05) is 68.5 Å². The van der Waals surface area contributed by atoms with Crippen molar-refractivity contribution in [2.75, 3.05) is 37.7 Å². The third kappa shape index (κ3) is 11.2. The second-order valence-electron chi connectivity index (χ2n) is 11.9. The summed E-state index contributed by atoms with van der Waals surface area (Å²) < 4.78 is 18.6. The van der Waals surface area contributed by atoms with Gasteiger partial charge in [-0.15, -0.1) is 0 Å². The van der Waals surface area contributed by atoms with Crippen LogP contribution in [0.1, 0.15) is 106 Å². The third-order valence-corrected chi connectivity index (χ3v) is 8.39. The van der Waals surface area contributed by atoms with Gasteiger partial charge in [0.1, 0.15) is 5.82 Å². The van der Waals surface area contributed by atoms with E-state index >= 15 is 0 Å². The van der Waals surface area contributed by atoms with Gasteiger partial charge in [-0.05, 0) is 99.9 Å². The van der Waals surface area contributed by atoms with Crippen molar-refractivity contribution in [2.24, 2.45) is 5.92 Å². The van der Waals surface area contributed by atoms with E-state index in [2.05, 4.69) is 63.4 Å². The fourth-order valence-electron chi connectivity index (χ4n) is 5.52. The number of anilines is 1. The summed E-state index contributed by atoms with van der Waals surface area (Å²) in [7, 11) is 0. The van der Waals surface area contributed by atoms with E-state index < -0.39 is 0 Å². The average molecular weight is 603 g/mol. The summed E-state index contributed by atoms with van der Waals surface area (Å²) in [4.78, 5) is 25.8. The molecule has 2 aliphatic rings. The molecular weight excluding hydrogens is 551 g/mol. The predicted molar refractivity (Wildman–Crippen MR) is 181 cm³/mol. The molecule has 238 valence electrons. The highest BCUT2D eigenvalue weighted by molar-refractivity contribution is 5.95. The van der Waals surface area contributed by atoms with Crippen molar-refractivity contribution in [1.29, 1.82) is 0 Å². The molecule has 0 spiro atoms. The fraction of sp³-hybridized carbons (Fsp3) is 0.474. The molecule has 0 atom stereocenters. The smallest absolute Gasteiger partial charge is 0.251 e. The van der Waals surface area contributed by atoms with Crippen LogP contribution in [0.5, 0.6) is 0 Å². The predicted octanol–water partition coefficient (Wildman–Crippen LogP) is 8.96. The van der Waals surface area contributed by atoms with Gasteiger partial charge in [0.2, 0.25) is 0 Å². The normalized spacial score (nSPS) is 16.7. The number of carbonyl (C=O) groups excluding carboxylic acids is 2. The maximum Gasteiger partial charge on any atom is 0.251 e. The van der Waals surface area contributed by atoms with Crippen LogP contribution < -0.4 is 10.2 Å². The van der Waals surface area contributed by atoms with Gasteiger partial charge in [0, 0.05) is 36.4 Å². The lowest BCUT2D eigenvalue weighted by molar-refractivity contribution is 0.0942. The first-order valence-electron chi connectivity index (χ1n) is 16.3. The highest BCUT2D eigenvalue weighted by Crippen LogP contribution is 2.26. The lowest BCUT2D eigenvalue weighted by Crippen LogP contribution is -2.36. The van der Waals surface area contributed by atoms with Gasteiger partial charge >= 0.3 is 0 Å². The molecule has 5 nitrogen and oxygen atoms in total. The van der Waals surface area contributed by atoms with Crippen molar-refractivity contribution in [2.45, 2.75) is 79.6 Å². The van der Waals surface area contributed by atoms with Crippen LogP contribution in [0.25, 0.3) is 5.57 Å². The number of allylic oxidation sites excluding steroid dienone is 6. The second-order valence-corrected chi connectivity index (χ2v) is 11.9. The molecule has 44 heavy (non-hydrogen) atoms. The molecule has 1 saturated heterocycles. The SMILES string of the molecule is CC(=O)c1cc(F)cc(N2CCOCC2)c1.C\C=C(C)/C=C(\C(C)=C\CCC)c1ccc(C(=O)NCC2CCCCC2)cc1. The zero-order valence-electron chi connectivity index (χ0n) is 27.4. The fourth-order valence-corrected chi connectivity index (χ4v) is 5.52. The first-order chi connectivity index (χ1) is 21.2. The van der Waals surface area contributed by atoms with E-state index in [0.29, 0.717) is 24.7 Å². The number of morpholine rings is 1. The molecule has 2 aromatic rings. The van der Waals surface area contributed by atoms with Crippen LogP contribution in [0.2, 0.25) is 0 Å². The molecule has 1 aliphatic carbocycles. The molecule has 2 aromatic carbocycles. The maximum absolute atomic E-state index is 13.3. The van der Waals surface area contributed by atoms with Crippen LogP contribution in [-0.4, -0.2) is 44.5 Å². The quantitative estimate of drug-likeness (QED) is 0.218. The Morgan fingerprint density at radius 3 is 2.23 bits per heavy atom. The maximum atomic E-state index is 13.3. The number of carbonyl (C=O) groups is 2. The Morgan fingerprint density at radius 2 is 1.61 bits per heavy atom. The first-order valence-corrected chi connectivity index (χ1v) is 16.3. The number of halogens is 1. The number of rotatable bonds is 10. The Labute approximate surface area is 264 Å². The summed E-state index contributed by atoms with van der Waals surface area (Å²) in [5.41, 5.74) is 6.85. The van der Waals surface area contributed by atoms with E-state index in [1.807, 2.05) is 17.0 Å². The van der Waals surface area contributed by atoms with Crippen LogP contribution >= 0.6 is 0 Å². The van der Waals surface area contributed by atoms with Gasteiger partial charge in [-0.3, -0.25) is 9.59 Å². The molecule has 1 amide bonds. The van der Waals surface area contributed by atoms with Crippen LogP contribution in [0.15, 0.2) is 71.8 Å². The van der Waals surface area contributed by atoms with Gasteiger partial charge in [0.15, 0.2) is 5.78 Å². The van der Waals surface area contributed by atoms with Crippen LogP contribution in [0, 0.1) is 11.7 Å². The highest BCUT2D eigenvalue weighted by Gasteiger charge is 2.16. The van der Waals surface area contributed by atoms with Gasteiger partial charge < -0.3 is 15.0 Å². The van der Waals surface area contributed by atoms with Crippen molar-refractivity contribution < 1.29 is 18.7 Å². The van der Waals surface area contributed by atoms with E-state index in [4.69, 9.17) is 4.74 Å². The van der Waals surface area contributed by atoms with E-state index in [1.165, 1.54) is 67.9 Å². The zero-order chi connectivity index (χ0) is 31.9. The number of amides is 1. The molecule has 2 fully saturated rings. The van der Waals surface area contributed by atoms with Gasteiger partial charge in [0.25, 0.3) is 5.91 Å². The van der Waals surface area contributed by atoms with Crippen LogP contribution in [0.4, 0.5) is 10.1 Å². The molecule has 1 aliphatic heterocycles. The van der Waals surface area contributed by atoms with E-state index in [-0.39, 0.29) is 17.5 Å². The average Bonchev–Trinajstić information content (AvgIpc) is 3.05. The summed E-state index contributed by atoms with van der Waals surface area (Å²) in [6, 6.07) is 12.5. The van der Waals surface area contributed by atoms with Gasteiger partial charge in [-0.25, -0.2) is 4.39 Å². The summed E-state index contributed by atoms with van der Waals surface area (Å²) >= 11 is 0. The monoisotopic (exact) mass is 602 g/mol. The van der Waals surface area contributed by atoms with E-state index in [9.17, 15) is 14.0 Å².